The molecule has 0 bridgehead atoms. The van der Waals surface area contributed by atoms with E-state index in [0.29, 0.717) is 5.89 Å². The molecule has 48 heavy (non-hydrogen) atoms. The average molecular weight is 615 g/mol. The number of hydrogen-bond acceptors (Lipinski definition) is 3. The van der Waals surface area contributed by atoms with Crippen molar-refractivity contribution in [3.63, 3.8) is 0 Å². The molecule has 0 radical (unpaired) electrons. The zero-order chi connectivity index (χ0) is 31.9. The summed E-state index contributed by atoms with van der Waals surface area (Å²) in [4.78, 5) is 7.17. The van der Waals surface area contributed by atoms with Crippen LogP contribution in [0.4, 0.5) is 17.1 Å². The lowest BCUT2D eigenvalue weighted by Gasteiger charge is -2.26. The molecule has 0 fully saturated rings. The van der Waals surface area contributed by atoms with Crippen molar-refractivity contribution in [2.75, 3.05) is 4.90 Å². The largest absolute Gasteiger partial charge is 0.435 e. The van der Waals surface area contributed by atoms with Gasteiger partial charge in [-0.2, -0.15) is 0 Å². The summed E-state index contributed by atoms with van der Waals surface area (Å²) in [5.74, 6) is 0.627. The summed E-state index contributed by atoms with van der Waals surface area (Å²) >= 11 is 0. The zero-order valence-electron chi connectivity index (χ0n) is 26.1. The van der Waals surface area contributed by atoms with Crippen LogP contribution in [0.5, 0.6) is 0 Å². The molecular formula is C45H30N2O. The Bertz CT molecular complexity index is 2540. The number of para-hydroxylation sites is 2. The molecule has 8 aromatic carbocycles. The number of oxazole rings is 1. The van der Waals surface area contributed by atoms with Gasteiger partial charge in [0.25, 0.3) is 0 Å². The van der Waals surface area contributed by atoms with Crippen molar-refractivity contribution in [2.24, 2.45) is 0 Å². The van der Waals surface area contributed by atoms with Gasteiger partial charge in [0.15, 0.2) is 5.58 Å². The molecule has 0 amide bonds. The molecule has 3 nitrogen and oxygen atoms in total. The first kappa shape index (κ1) is 27.8. The third kappa shape index (κ3) is 4.99. The highest BCUT2D eigenvalue weighted by molar-refractivity contribution is 5.97. The van der Waals surface area contributed by atoms with Crippen LogP contribution in [0, 0.1) is 0 Å². The first-order valence-corrected chi connectivity index (χ1v) is 16.2. The fourth-order valence-corrected chi connectivity index (χ4v) is 6.70. The first-order chi connectivity index (χ1) is 23.8. The van der Waals surface area contributed by atoms with Gasteiger partial charge >= 0.3 is 0 Å². The highest BCUT2D eigenvalue weighted by atomic mass is 16.3. The van der Waals surface area contributed by atoms with E-state index in [1.807, 2.05) is 12.1 Å². The van der Waals surface area contributed by atoms with Gasteiger partial charge in [0.2, 0.25) is 5.89 Å². The maximum atomic E-state index is 6.46. The Hall–Kier alpha value is -6.45. The molecular weight excluding hydrogens is 585 g/mol. The lowest BCUT2D eigenvalue weighted by molar-refractivity contribution is 0.621. The summed E-state index contributed by atoms with van der Waals surface area (Å²) in [5.41, 5.74) is 10.4. The van der Waals surface area contributed by atoms with Crippen LogP contribution < -0.4 is 4.90 Å². The summed E-state index contributed by atoms with van der Waals surface area (Å²) in [6.07, 6.45) is 0. The van der Waals surface area contributed by atoms with Crippen molar-refractivity contribution >= 4 is 49.7 Å². The Kier molecular flexibility index (Phi) is 6.80. The van der Waals surface area contributed by atoms with Crippen LogP contribution in [0.25, 0.3) is 66.4 Å². The smallest absolute Gasteiger partial charge is 0.227 e. The highest BCUT2D eigenvalue weighted by Gasteiger charge is 2.16. The minimum Gasteiger partial charge on any atom is -0.435 e. The van der Waals surface area contributed by atoms with Gasteiger partial charge in [-0.25, -0.2) is 4.98 Å². The fraction of sp³-hybridized carbons (Fsp3) is 0. The molecule has 9 aromatic rings. The fourth-order valence-electron chi connectivity index (χ4n) is 6.70. The summed E-state index contributed by atoms with van der Waals surface area (Å²) in [5, 5.41) is 4.87. The van der Waals surface area contributed by atoms with Gasteiger partial charge in [-0.1, -0.05) is 127 Å². The molecule has 0 saturated carbocycles. The van der Waals surface area contributed by atoms with Crippen LogP contribution in [-0.4, -0.2) is 4.98 Å². The molecule has 9 rings (SSSR count). The Labute approximate surface area is 279 Å². The Morgan fingerprint density at radius 2 is 0.958 bits per heavy atom. The van der Waals surface area contributed by atoms with E-state index in [-0.39, 0.29) is 0 Å². The molecule has 0 aliphatic carbocycles. The summed E-state index contributed by atoms with van der Waals surface area (Å²) < 4.78 is 6.46. The molecule has 0 N–H and O–H groups in total. The van der Waals surface area contributed by atoms with Crippen LogP contribution >= 0.6 is 0 Å². The molecule has 0 unspecified atom stereocenters. The van der Waals surface area contributed by atoms with Crippen molar-refractivity contribution in [3.8, 4) is 33.7 Å². The molecule has 3 heteroatoms. The normalized spacial score (nSPS) is 11.3. The predicted octanol–water partition coefficient (Wildman–Crippen LogP) is 12.6. The monoisotopic (exact) mass is 614 g/mol. The van der Waals surface area contributed by atoms with Crippen molar-refractivity contribution < 1.29 is 4.42 Å². The number of aromatic nitrogens is 1. The SMILES string of the molecule is c1ccc(N(c2ccc(-c3cccc4ccccc34)cc2)c2ccc(-c3cccc4nc(-c5ccc6ccccc6c5)oc34)cc2)cc1. The van der Waals surface area contributed by atoms with E-state index >= 15 is 0 Å². The molecule has 0 spiro atoms. The summed E-state index contributed by atoms with van der Waals surface area (Å²) in [7, 11) is 0. The number of benzene rings is 8. The first-order valence-electron chi connectivity index (χ1n) is 16.2. The molecule has 0 atom stereocenters. The number of anilines is 3. The molecule has 0 saturated heterocycles. The van der Waals surface area contributed by atoms with E-state index in [1.165, 1.54) is 32.7 Å². The molecule has 0 aliphatic rings. The van der Waals surface area contributed by atoms with Gasteiger partial charge in [0.05, 0.1) is 0 Å². The Balaban J connectivity index is 1.07. The maximum Gasteiger partial charge on any atom is 0.227 e. The molecule has 0 aliphatic heterocycles. The number of rotatable bonds is 6. The second-order valence-electron chi connectivity index (χ2n) is 12.0. The van der Waals surface area contributed by atoms with Crippen LogP contribution in [-0.2, 0) is 0 Å². The lowest BCUT2D eigenvalue weighted by Crippen LogP contribution is -2.09. The third-order valence-corrected chi connectivity index (χ3v) is 9.09. The quantitative estimate of drug-likeness (QED) is 0.187. The van der Waals surface area contributed by atoms with Crippen LogP contribution in [0.3, 0.4) is 0 Å². The molecule has 1 aromatic heterocycles. The van der Waals surface area contributed by atoms with E-state index in [2.05, 4.69) is 175 Å². The lowest BCUT2D eigenvalue weighted by atomic mass is 9.98. The van der Waals surface area contributed by atoms with Gasteiger partial charge in [-0.3, -0.25) is 0 Å². The van der Waals surface area contributed by atoms with Crippen molar-refractivity contribution in [2.45, 2.75) is 0 Å². The molecule has 1 heterocycles. The van der Waals surface area contributed by atoms with Gasteiger partial charge in [0.1, 0.15) is 5.52 Å². The standard InChI is InChI=1S/C45H30N2O/c1-2-14-37(15-3-1)47(38-26-22-33(23-27-38)41-17-8-13-32-11-6-7-16-40(32)41)39-28-24-34(25-29-39)42-18-9-19-43-44(42)48-45(46-43)36-21-20-31-10-4-5-12-35(31)30-36/h1-30H. The van der Waals surface area contributed by atoms with Crippen LogP contribution in [0.15, 0.2) is 186 Å². The summed E-state index contributed by atoms with van der Waals surface area (Å²) in [6.45, 7) is 0. The average Bonchev–Trinajstić information content (AvgIpc) is 3.61. The minimum absolute atomic E-state index is 0.627. The van der Waals surface area contributed by atoms with Crippen molar-refractivity contribution in [1.82, 2.24) is 4.98 Å². The second-order valence-corrected chi connectivity index (χ2v) is 12.0. The number of nitrogens with zero attached hydrogens (tertiary/aromatic N) is 2. The number of hydrogen-bond donors (Lipinski definition) is 0. The topological polar surface area (TPSA) is 29.3 Å². The van der Waals surface area contributed by atoms with E-state index in [4.69, 9.17) is 9.40 Å². The zero-order valence-corrected chi connectivity index (χ0v) is 26.1. The van der Waals surface area contributed by atoms with Gasteiger partial charge in [0, 0.05) is 28.2 Å². The van der Waals surface area contributed by atoms with E-state index in [1.54, 1.807) is 0 Å². The van der Waals surface area contributed by atoms with Crippen molar-refractivity contribution in [1.29, 1.82) is 0 Å². The van der Waals surface area contributed by atoms with Crippen LogP contribution in [0.2, 0.25) is 0 Å². The van der Waals surface area contributed by atoms with Crippen molar-refractivity contribution in [3.05, 3.63) is 182 Å². The van der Waals surface area contributed by atoms with E-state index < -0.39 is 0 Å². The van der Waals surface area contributed by atoms with Gasteiger partial charge in [-0.15, -0.1) is 0 Å². The van der Waals surface area contributed by atoms with Crippen LogP contribution in [0.1, 0.15) is 0 Å². The Morgan fingerprint density at radius 3 is 1.73 bits per heavy atom. The van der Waals surface area contributed by atoms with E-state index in [0.717, 1.165) is 44.9 Å². The maximum absolute atomic E-state index is 6.46. The molecule has 226 valence electrons. The van der Waals surface area contributed by atoms with E-state index in [9.17, 15) is 0 Å². The third-order valence-electron chi connectivity index (χ3n) is 9.09. The second kappa shape index (κ2) is 11.7. The predicted molar refractivity (Wildman–Crippen MR) is 200 cm³/mol. The Morgan fingerprint density at radius 1 is 0.396 bits per heavy atom. The number of fused-ring (bicyclic) bond motifs is 3. The minimum atomic E-state index is 0.627. The van der Waals surface area contributed by atoms with Gasteiger partial charge in [-0.05, 0) is 92.8 Å². The summed E-state index contributed by atoms with van der Waals surface area (Å²) in [6, 6.07) is 64.0. The van der Waals surface area contributed by atoms with Gasteiger partial charge < -0.3 is 9.32 Å². The highest BCUT2D eigenvalue weighted by Crippen LogP contribution is 2.39.